The van der Waals surface area contributed by atoms with Gasteiger partial charge >= 0.3 is 0 Å². The molecular formula is C17H28N2. The number of rotatable bonds is 4. The normalized spacial score (nSPS) is 22.5. The fraction of sp³-hybridized carbons (Fsp3) is 0.647. The first-order valence-electron chi connectivity index (χ1n) is 7.55. The summed E-state index contributed by atoms with van der Waals surface area (Å²) >= 11 is 0. The van der Waals surface area contributed by atoms with E-state index in [9.17, 15) is 0 Å². The van der Waals surface area contributed by atoms with E-state index in [0.717, 1.165) is 18.9 Å². The first-order chi connectivity index (χ1) is 9.06. The molecule has 1 unspecified atom stereocenters. The highest BCUT2D eigenvalue weighted by atomic mass is 15.1. The fourth-order valence-corrected chi connectivity index (χ4v) is 3.00. The fourth-order valence-electron chi connectivity index (χ4n) is 3.00. The Labute approximate surface area is 118 Å². The highest BCUT2D eigenvalue weighted by Crippen LogP contribution is 2.36. The van der Waals surface area contributed by atoms with Crippen molar-refractivity contribution in [1.29, 1.82) is 0 Å². The number of anilines is 1. The molecule has 1 fully saturated rings. The van der Waals surface area contributed by atoms with Gasteiger partial charge in [0.15, 0.2) is 0 Å². The molecule has 0 aliphatic carbocycles. The van der Waals surface area contributed by atoms with E-state index in [4.69, 9.17) is 0 Å². The van der Waals surface area contributed by atoms with Crippen molar-refractivity contribution in [3.63, 3.8) is 0 Å². The number of hydrogen-bond acceptors (Lipinski definition) is 2. The van der Waals surface area contributed by atoms with Gasteiger partial charge in [-0.3, -0.25) is 0 Å². The minimum Gasteiger partial charge on any atom is -0.371 e. The largest absolute Gasteiger partial charge is 0.371 e. The Morgan fingerprint density at radius 2 is 1.95 bits per heavy atom. The highest BCUT2D eigenvalue weighted by molar-refractivity contribution is 5.48. The summed E-state index contributed by atoms with van der Waals surface area (Å²) in [5.41, 5.74) is 3.25. The van der Waals surface area contributed by atoms with Gasteiger partial charge in [0, 0.05) is 18.8 Å². The lowest BCUT2D eigenvalue weighted by Gasteiger charge is -2.45. The van der Waals surface area contributed by atoms with Gasteiger partial charge in [-0.05, 0) is 55.5 Å². The number of benzene rings is 1. The van der Waals surface area contributed by atoms with E-state index < -0.39 is 0 Å². The summed E-state index contributed by atoms with van der Waals surface area (Å²) in [5, 5.41) is 3.36. The second-order valence-corrected chi connectivity index (χ2v) is 6.46. The van der Waals surface area contributed by atoms with Crippen molar-refractivity contribution >= 4 is 5.69 Å². The number of hydrogen-bond donors (Lipinski definition) is 1. The Balaban J connectivity index is 2.09. The summed E-state index contributed by atoms with van der Waals surface area (Å²) in [6, 6.07) is 9.10. The molecular weight excluding hydrogens is 232 g/mol. The van der Waals surface area contributed by atoms with E-state index in [1.54, 1.807) is 0 Å². The predicted octanol–water partition coefficient (Wildman–Crippen LogP) is 3.32. The lowest BCUT2D eigenvalue weighted by atomic mass is 9.73. The van der Waals surface area contributed by atoms with Crippen molar-refractivity contribution in [2.45, 2.75) is 33.6 Å². The van der Waals surface area contributed by atoms with Crippen molar-refractivity contribution in [2.24, 2.45) is 11.3 Å². The Morgan fingerprint density at radius 1 is 1.26 bits per heavy atom. The molecule has 2 heteroatoms. The summed E-state index contributed by atoms with van der Waals surface area (Å²) < 4.78 is 0. The quantitative estimate of drug-likeness (QED) is 0.893. The van der Waals surface area contributed by atoms with Gasteiger partial charge in [-0.15, -0.1) is 0 Å². The Hall–Kier alpha value is -1.02. The zero-order valence-corrected chi connectivity index (χ0v) is 12.9. The van der Waals surface area contributed by atoms with Gasteiger partial charge in [-0.2, -0.15) is 0 Å². The topological polar surface area (TPSA) is 15.3 Å². The second kappa shape index (κ2) is 5.96. The summed E-state index contributed by atoms with van der Waals surface area (Å²) in [7, 11) is 2.06. The third-order valence-corrected chi connectivity index (χ3v) is 4.73. The van der Waals surface area contributed by atoms with Gasteiger partial charge in [0.1, 0.15) is 0 Å². The minimum atomic E-state index is 0.447. The molecule has 2 nitrogen and oxygen atoms in total. The summed E-state index contributed by atoms with van der Waals surface area (Å²) in [6.07, 6.45) is 2.39. The van der Waals surface area contributed by atoms with Crippen molar-refractivity contribution in [3.05, 3.63) is 29.8 Å². The molecule has 1 heterocycles. The molecule has 0 amide bonds. The summed E-state index contributed by atoms with van der Waals surface area (Å²) in [6.45, 7) is 10.5. The van der Waals surface area contributed by atoms with Crippen molar-refractivity contribution in [1.82, 2.24) is 5.32 Å². The van der Waals surface area contributed by atoms with Crippen LogP contribution >= 0.6 is 0 Å². The first-order valence-corrected chi connectivity index (χ1v) is 7.55. The molecule has 1 N–H and O–H groups in total. The molecule has 0 aromatic heterocycles. The van der Waals surface area contributed by atoms with Crippen molar-refractivity contribution in [3.8, 4) is 0 Å². The van der Waals surface area contributed by atoms with E-state index in [2.05, 4.69) is 62.3 Å². The lowest BCUT2D eigenvalue weighted by molar-refractivity contribution is 0.169. The molecule has 1 aliphatic heterocycles. The van der Waals surface area contributed by atoms with Crippen LogP contribution in [0.25, 0.3) is 0 Å². The monoisotopic (exact) mass is 260 g/mol. The predicted molar refractivity (Wildman–Crippen MR) is 83.8 cm³/mol. The van der Waals surface area contributed by atoms with E-state index in [1.165, 1.54) is 30.8 Å². The molecule has 0 bridgehead atoms. The molecule has 0 radical (unpaired) electrons. The first kappa shape index (κ1) is 14.4. The molecule has 1 saturated heterocycles. The number of nitrogens with one attached hydrogen (secondary N) is 1. The molecule has 1 aromatic carbocycles. The van der Waals surface area contributed by atoms with Crippen molar-refractivity contribution < 1.29 is 0 Å². The minimum absolute atomic E-state index is 0.447. The Kier molecular flexibility index (Phi) is 4.51. The average molecular weight is 260 g/mol. The van der Waals surface area contributed by atoms with E-state index in [-0.39, 0.29) is 0 Å². The van der Waals surface area contributed by atoms with Crippen LogP contribution in [0.2, 0.25) is 0 Å². The zero-order valence-electron chi connectivity index (χ0n) is 12.9. The lowest BCUT2D eigenvalue weighted by Crippen LogP contribution is -2.48. The van der Waals surface area contributed by atoms with Gasteiger partial charge in [0.2, 0.25) is 0 Å². The third-order valence-electron chi connectivity index (χ3n) is 4.73. The Bertz CT molecular complexity index is 394. The second-order valence-electron chi connectivity index (χ2n) is 6.46. The highest BCUT2D eigenvalue weighted by Gasteiger charge is 2.34. The standard InChI is InChI=1S/C17H28N2/c1-5-14-6-8-16(9-7-14)19-11-10-17(2,3)15(13-19)12-18-4/h6-9,15,18H,5,10-13H2,1-4H3. The smallest absolute Gasteiger partial charge is 0.0366 e. The maximum Gasteiger partial charge on any atom is 0.0366 e. The molecule has 106 valence electrons. The van der Waals surface area contributed by atoms with Crippen LogP contribution in [-0.2, 0) is 6.42 Å². The van der Waals surface area contributed by atoms with Gasteiger partial charge in [0.05, 0.1) is 0 Å². The maximum atomic E-state index is 3.36. The number of nitrogens with zero attached hydrogens (tertiary/aromatic N) is 1. The van der Waals surface area contributed by atoms with Crippen LogP contribution in [0.5, 0.6) is 0 Å². The summed E-state index contributed by atoms with van der Waals surface area (Å²) in [4.78, 5) is 2.55. The maximum absolute atomic E-state index is 3.36. The van der Waals surface area contributed by atoms with Gasteiger partial charge in [0.25, 0.3) is 0 Å². The van der Waals surface area contributed by atoms with Crippen LogP contribution < -0.4 is 10.2 Å². The van der Waals surface area contributed by atoms with Gasteiger partial charge in [-0.25, -0.2) is 0 Å². The molecule has 19 heavy (non-hydrogen) atoms. The van der Waals surface area contributed by atoms with E-state index in [0.29, 0.717) is 5.41 Å². The molecule has 2 rings (SSSR count). The molecule has 1 atom stereocenters. The molecule has 1 aliphatic rings. The van der Waals surface area contributed by atoms with Crippen LogP contribution in [0.4, 0.5) is 5.69 Å². The van der Waals surface area contributed by atoms with Gasteiger partial charge in [-0.1, -0.05) is 32.9 Å². The summed E-state index contributed by atoms with van der Waals surface area (Å²) in [5.74, 6) is 0.720. The Morgan fingerprint density at radius 3 is 2.53 bits per heavy atom. The third kappa shape index (κ3) is 3.30. The molecule has 1 aromatic rings. The van der Waals surface area contributed by atoms with Crippen molar-refractivity contribution in [2.75, 3.05) is 31.6 Å². The number of piperidine rings is 1. The van der Waals surface area contributed by atoms with Crippen LogP contribution in [0.15, 0.2) is 24.3 Å². The van der Waals surface area contributed by atoms with Crippen LogP contribution in [0, 0.1) is 11.3 Å². The van der Waals surface area contributed by atoms with Crippen LogP contribution in [-0.4, -0.2) is 26.7 Å². The molecule has 0 saturated carbocycles. The number of aryl methyl sites for hydroxylation is 1. The SMILES string of the molecule is CCc1ccc(N2CCC(C)(C)C(CNC)C2)cc1. The molecule has 0 spiro atoms. The van der Waals surface area contributed by atoms with E-state index >= 15 is 0 Å². The zero-order chi connectivity index (χ0) is 13.9. The van der Waals surface area contributed by atoms with E-state index in [1.807, 2.05) is 0 Å². The van der Waals surface area contributed by atoms with Gasteiger partial charge < -0.3 is 10.2 Å². The van der Waals surface area contributed by atoms with Crippen LogP contribution in [0.3, 0.4) is 0 Å². The van der Waals surface area contributed by atoms with Crippen LogP contribution in [0.1, 0.15) is 32.8 Å². The average Bonchev–Trinajstić information content (AvgIpc) is 2.41.